The normalized spacial score (nSPS) is 13.5. The molecule has 0 bridgehead atoms. The molecular formula is C20H19Cl2N3O5. The summed E-state index contributed by atoms with van der Waals surface area (Å²) in [6, 6.07) is 9.10. The summed E-state index contributed by atoms with van der Waals surface area (Å²) in [5.41, 5.74) is 0.115. The minimum Gasteiger partial charge on any atom is -0.482 e. The number of hydrogen-bond donors (Lipinski definition) is 1. The maximum Gasteiger partial charge on any atom is 0.271 e. The molecule has 0 unspecified atom stereocenters. The second-order valence-electron chi connectivity index (χ2n) is 7.43. The first-order valence-corrected chi connectivity index (χ1v) is 9.78. The lowest BCUT2D eigenvalue weighted by atomic mass is 9.84. The van der Waals surface area contributed by atoms with Crippen molar-refractivity contribution in [1.29, 1.82) is 0 Å². The van der Waals surface area contributed by atoms with E-state index in [1.54, 1.807) is 18.2 Å². The van der Waals surface area contributed by atoms with Crippen molar-refractivity contribution in [2.75, 3.05) is 24.6 Å². The van der Waals surface area contributed by atoms with Crippen molar-refractivity contribution in [1.82, 2.24) is 5.32 Å². The molecule has 1 aliphatic heterocycles. The van der Waals surface area contributed by atoms with Crippen LogP contribution in [-0.4, -0.2) is 36.4 Å². The Morgan fingerprint density at radius 1 is 1.27 bits per heavy atom. The Labute approximate surface area is 182 Å². The highest BCUT2D eigenvalue weighted by Crippen LogP contribution is 2.36. The molecule has 1 aliphatic rings. The van der Waals surface area contributed by atoms with Gasteiger partial charge in [-0.3, -0.25) is 24.6 Å². The van der Waals surface area contributed by atoms with Gasteiger partial charge in [0, 0.05) is 34.1 Å². The number of anilines is 1. The zero-order chi connectivity index (χ0) is 22.1. The molecule has 0 radical (unpaired) electrons. The molecule has 158 valence electrons. The molecule has 0 spiro atoms. The number of ether oxygens (including phenoxy) is 1. The average molecular weight is 452 g/mol. The molecule has 0 fully saturated rings. The maximum atomic E-state index is 12.6. The van der Waals surface area contributed by atoms with Crippen LogP contribution < -0.4 is 15.0 Å². The highest BCUT2D eigenvalue weighted by molar-refractivity contribution is 6.36. The predicted octanol–water partition coefficient (Wildman–Crippen LogP) is 3.72. The van der Waals surface area contributed by atoms with E-state index >= 15 is 0 Å². The van der Waals surface area contributed by atoms with E-state index in [2.05, 4.69) is 5.32 Å². The van der Waals surface area contributed by atoms with E-state index in [1.807, 2.05) is 13.8 Å². The van der Waals surface area contributed by atoms with Gasteiger partial charge in [-0.2, -0.15) is 0 Å². The third-order valence-electron chi connectivity index (χ3n) is 4.77. The number of carbonyl (C=O) groups is 2. The largest absolute Gasteiger partial charge is 0.482 e. The molecule has 0 saturated heterocycles. The van der Waals surface area contributed by atoms with Gasteiger partial charge < -0.3 is 10.1 Å². The second-order valence-corrected chi connectivity index (χ2v) is 8.25. The van der Waals surface area contributed by atoms with Gasteiger partial charge in [-0.05, 0) is 23.8 Å². The van der Waals surface area contributed by atoms with Crippen LogP contribution in [0.2, 0.25) is 10.0 Å². The number of fused-ring (bicyclic) bond motifs is 1. The van der Waals surface area contributed by atoms with Crippen LogP contribution in [0, 0.1) is 10.1 Å². The molecule has 2 aromatic rings. The number of nitrogens with one attached hydrogen (secondary N) is 1. The highest BCUT2D eigenvalue weighted by Gasteiger charge is 2.31. The fourth-order valence-electron chi connectivity index (χ4n) is 3.23. The fraction of sp³-hybridized carbons (Fsp3) is 0.300. The molecular weight excluding hydrogens is 433 g/mol. The number of nitrogens with zero attached hydrogens (tertiary/aromatic N) is 2. The molecule has 30 heavy (non-hydrogen) atoms. The number of benzene rings is 2. The van der Waals surface area contributed by atoms with Gasteiger partial charge in [0.05, 0.1) is 10.6 Å². The van der Waals surface area contributed by atoms with E-state index in [-0.39, 0.29) is 31.1 Å². The summed E-state index contributed by atoms with van der Waals surface area (Å²) in [5, 5.41) is 14.8. The number of nitro groups is 1. The van der Waals surface area contributed by atoms with E-state index in [1.165, 1.54) is 23.1 Å². The van der Waals surface area contributed by atoms with E-state index in [0.717, 1.165) is 0 Å². The SMILES string of the molecule is CC(C)(CNC(=O)CN1C(=O)COc2ccc([N+](=O)[O-])cc21)c1c(Cl)cccc1Cl. The molecule has 10 heteroatoms. The standard InChI is InChI=1S/C20H19Cl2N3O5/c1-20(2,19-13(21)4-3-5-14(19)22)11-23-17(26)9-24-15-8-12(25(28)29)6-7-16(15)30-10-18(24)27/h3-8H,9-11H2,1-2H3,(H,23,26). The average Bonchev–Trinajstić information content (AvgIpc) is 2.68. The van der Waals surface area contributed by atoms with Crippen molar-refractivity contribution in [2.45, 2.75) is 19.3 Å². The Bertz CT molecular complexity index is 1010. The molecule has 0 atom stereocenters. The van der Waals surface area contributed by atoms with Crippen molar-refractivity contribution in [2.24, 2.45) is 0 Å². The Kier molecular flexibility index (Phi) is 6.19. The second kappa shape index (κ2) is 8.49. The number of amides is 2. The molecule has 1 N–H and O–H groups in total. The molecule has 0 saturated carbocycles. The van der Waals surface area contributed by atoms with Gasteiger partial charge in [0.2, 0.25) is 5.91 Å². The van der Waals surface area contributed by atoms with Crippen molar-refractivity contribution in [3.63, 3.8) is 0 Å². The summed E-state index contributed by atoms with van der Waals surface area (Å²) >= 11 is 12.6. The summed E-state index contributed by atoms with van der Waals surface area (Å²) in [5.74, 6) is -0.596. The lowest BCUT2D eigenvalue weighted by Gasteiger charge is -2.30. The van der Waals surface area contributed by atoms with Crippen LogP contribution in [0.25, 0.3) is 0 Å². The number of halogens is 2. The van der Waals surface area contributed by atoms with E-state index in [4.69, 9.17) is 27.9 Å². The van der Waals surface area contributed by atoms with Crippen LogP contribution in [-0.2, 0) is 15.0 Å². The minimum absolute atomic E-state index is 0.184. The molecule has 1 heterocycles. The van der Waals surface area contributed by atoms with Crippen LogP contribution in [0.5, 0.6) is 5.75 Å². The van der Waals surface area contributed by atoms with Crippen LogP contribution in [0.4, 0.5) is 11.4 Å². The zero-order valence-electron chi connectivity index (χ0n) is 16.3. The van der Waals surface area contributed by atoms with Crippen LogP contribution >= 0.6 is 23.2 Å². The van der Waals surface area contributed by atoms with Gasteiger partial charge in [-0.25, -0.2) is 0 Å². The van der Waals surface area contributed by atoms with Gasteiger partial charge in [-0.1, -0.05) is 43.1 Å². The van der Waals surface area contributed by atoms with Crippen LogP contribution in [0.3, 0.4) is 0 Å². The first-order valence-electron chi connectivity index (χ1n) is 9.03. The number of hydrogen-bond acceptors (Lipinski definition) is 5. The zero-order valence-corrected chi connectivity index (χ0v) is 17.8. The van der Waals surface area contributed by atoms with Gasteiger partial charge >= 0.3 is 0 Å². The summed E-state index contributed by atoms with van der Waals surface area (Å²) in [4.78, 5) is 36.6. The predicted molar refractivity (Wildman–Crippen MR) is 113 cm³/mol. The summed E-state index contributed by atoms with van der Waals surface area (Å²) in [6.07, 6.45) is 0. The van der Waals surface area contributed by atoms with Crippen LogP contribution in [0.1, 0.15) is 19.4 Å². The molecule has 2 amide bonds. The third kappa shape index (κ3) is 4.49. The van der Waals surface area contributed by atoms with Crippen molar-refractivity contribution in [3.8, 4) is 5.75 Å². The highest BCUT2D eigenvalue weighted by atomic mass is 35.5. The number of rotatable bonds is 6. The molecule has 0 aliphatic carbocycles. The monoisotopic (exact) mass is 451 g/mol. The van der Waals surface area contributed by atoms with Crippen molar-refractivity contribution < 1.29 is 19.2 Å². The lowest BCUT2D eigenvalue weighted by Crippen LogP contribution is -2.47. The van der Waals surface area contributed by atoms with Crippen molar-refractivity contribution in [3.05, 3.63) is 62.1 Å². The summed E-state index contributed by atoms with van der Waals surface area (Å²) in [6.45, 7) is 3.44. The Morgan fingerprint density at radius 2 is 1.93 bits per heavy atom. The van der Waals surface area contributed by atoms with Gasteiger partial charge in [0.1, 0.15) is 12.3 Å². The Morgan fingerprint density at radius 3 is 2.57 bits per heavy atom. The third-order valence-corrected chi connectivity index (χ3v) is 5.40. The first-order chi connectivity index (χ1) is 14.1. The van der Waals surface area contributed by atoms with Crippen LogP contribution in [0.15, 0.2) is 36.4 Å². The van der Waals surface area contributed by atoms with Crippen molar-refractivity contribution >= 4 is 46.4 Å². The first kappa shape index (κ1) is 21.9. The lowest BCUT2D eigenvalue weighted by molar-refractivity contribution is -0.384. The Balaban J connectivity index is 1.74. The number of non-ortho nitro benzene ring substituents is 1. The quantitative estimate of drug-likeness (QED) is 0.532. The molecule has 3 rings (SSSR count). The van der Waals surface area contributed by atoms with Gasteiger partial charge in [0.15, 0.2) is 6.61 Å². The topological polar surface area (TPSA) is 102 Å². The van der Waals surface area contributed by atoms with E-state index < -0.39 is 22.2 Å². The van der Waals surface area contributed by atoms with E-state index in [9.17, 15) is 19.7 Å². The smallest absolute Gasteiger partial charge is 0.271 e. The molecule has 8 nitrogen and oxygen atoms in total. The Hall–Kier alpha value is -2.84. The summed E-state index contributed by atoms with van der Waals surface area (Å²) < 4.78 is 5.31. The molecule has 0 aromatic heterocycles. The number of nitro benzene ring substituents is 1. The van der Waals surface area contributed by atoms with E-state index in [0.29, 0.717) is 21.4 Å². The minimum atomic E-state index is -0.576. The maximum absolute atomic E-state index is 12.6. The van der Waals surface area contributed by atoms with Gasteiger partial charge in [0.25, 0.3) is 11.6 Å². The number of carbonyl (C=O) groups excluding carboxylic acids is 2. The molecule has 2 aromatic carbocycles. The summed E-state index contributed by atoms with van der Waals surface area (Å²) in [7, 11) is 0. The fourth-order valence-corrected chi connectivity index (χ4v) is 4.14. The van der Waals surface area contributed by atoms with Gasteiger partial charge in [-0.15, -0.1) is 0 Å².